The van der Waals surface area contributed by atoms with Crippen LogP contribution in [0.2, 0.25) is 0 Å². The van der Waals surface area contributed by atoms with Crippen LogP contribution >= 0.6 is 0 Å². The van der Waals surface area contributed by atoms with Gasteiger partial charge in [-0.1, -0.05) is 24.3 Å². The third kappa shape index (κ3) is 4.55. The Morgan fingerprint density at radius 1 is 1.09 bits per heavy atom. The lowest BCUT2D eigenvalue weighted by atomic mass is 9.80. The average molecular weight is 474 g/mol. The summed E-state index contributed by atoms with van der Waals surface area (Å²) in [6.07, 6.45) is 5.19. The molecule has 3 aromatic rings. The fourth-order valence-corrected chi connectivity index (χ4v) is 6.06. The van der Waals surface area contributed by atoms with Gasteiger partial charge in [0.1, 0.15) is 18.2 Å². The predicted octanol–water partition coefficient (Wildman–Crippen LogP) is 3.49. The molecular weight excluding hydrogens is 438 g/mol. The zero-order valence-corrected chi connectivity index (χ0v) is 20.5. The molecule has 0 saturated carbocycles. The third-order valence-corrected chi connectivity index (χ3v) is 8.04. The van der Waals surface area contributed by atoms with E-state index in [0.717, 1.165) is 68.9 Å². The smallest absolute Gasteiger partial charge is 0.318 e. The van der Waals surface area contributed by atoms with Gasteiger partial charge < -0.3 is 25.0 Å². The number of hydrogen-bond acceptors (Lipinski definition) is 7. The van der Waals surface area contributed by atoms with Crippen LogP contribution in [-0.4, -0.2) is 72.4 Å². The average Bonchev–Trinajstić information content (AvgIpc) is 3.31. The van der Waals surface area contributed by atoms with Gasteiger partial charge in [-0.2, -0.15) is 9.97 Å². The highest BCUT2D eigenvalue weighted by Crippen LogP contribution is 2.40. The van der Waals surface area contributed by atoms with Gasteiger partial charge in [0.15, 0.2) is 0 Å². The number of hydrogen-bond donors (Lipinski definition) is 2. The van der Waals surface area contributed by atoms with E-state index in [1.807, 2.05) is 18.2 Å². The van der Waals surface area contributed by atoms with Crippen molar-refractivity contribution < 1.29 is 9.84 Å². The molecule has 2 fully saturated rings. The first kappa shape index (κ1) is 22.6. The maximum atomic E-state index is 10.4. The molecule has 2 saturated heterocycles. The van der Waals surface area contributed by atoms with Gasteiger partial charge in [-0.25, -0.2) is 0 Å². The molecule has 2 N–H and O–H groups in total. The fraction of sp³-hybridized carbons (Fsp3) is 0.500. The number of anilines is 1. The Morgan fingerprint density at radius 3 is 2.77 bits per heavy atom. The number of nitrogens with zero attached hydrogens (tertiary/aromatic N) is 4. The van der Waals surface area contributed by atoms with Crippen molar-refractivity contribution in [3.63, 3.8) is 0 Å². The molecule has 2 aromatic carbocycles. The van der Waals surface area contributed by atoms with Crippen LogP contribution in [0.15, 0.2) is 36.4 Å². The minimum atomic E-state index is 0.305. The largest absolute Gasteiger partial charge is 0.508 e. The predicted molar refractivity (Wildman–Crippen MR) is 139 cm³/mol. The molecule has 3 heterocycles. The molecule has 2 atom stereocenters. The Hall–Kier alpha value is -2.90. The Morgan fingerprint density at radius 2 is 1.94 bits per heavy atom. The summed E-state index contributed by atoms with van der Waals surface area (Å²) >= 11 is 0. The zero-order chi connectivity index (χ0) is 23.8. The van der Waals surface area contributed by atoms with Crippen LogP contribution in [0.5, 0.6) is 11.8 Å². The first-order valence-corrected chi connectivity index (χ1v) is 13.1. The zero-order valence-electron chi connectivity index (χ0n) is 20.5. The van der Waals surface area contributed by atoms with Crippen LogP contribution in [0.3, 0.4) is 0 Å². The summed E-state index contributed by atoms with van der Waals surface area (Å²) in [4.78, 5) is 14.7. The summed E-state index contributed by atoms with van der Waals surface area (Å²) in [7, 11) is 2.17. The normalized spacial score (nSPS) is 22.9. The van der Waals surface area contributed by atoms with Gasteiger partial charge in [0.05, 0.1) is 5.69 Å². The second-order valence-electron chi connectivity index (χ2n) is 10.3. The van der Waals surface area contributed by atoms with E-state index in [9.17, 15) is 5.11 Å². The lowest BCUT2D eigenvalue weighted by Crippen LogP contribution is -2.44. The minimum Gasteiger partial charge on any atom is -0.508 e. The van der Waals surface area contributed by atoms with Crippen molar-refractivity contribution in [2.45, 2.75) is 44.1 Å². The van der Waals surface area contributed by atoms with Crippen LogP contribution in [-0.2, 0) is 12.8 Å². The molecule has 1 aliphatic carbocycles. The van der Waals surface area contributed by atoms with Crippen LogP contribution < -0.4 is 15.0 Å². The molecule has 7 heteroatoms. The molecule has 6 rings (SSSR count). The summed E-state index contributed by atoms with van der Waals surface area (Å²) in [5.74, 6) is 1.70. The van der Waals surface area contributed by atoms with Gasteiger partial charge in [0.2, 0.25) is 0 Å². The third-order valence-electron chi connectivity index (χ3n) is 8.04. The van der Waals surface area contributed by atoms with Gasteiger partial charge in [0, 0.05) is 37.8 Å². The molecule has 0 bridgehead atoms. The number of rotatable bonds is 5. The fourth-order valence-electron chi connectivity index (χ4n) is 6.06. The van der Waals surface area contributed by atoms with E-state index in [2.05, 4.69) is 40.4 Å². The summed E-state index contributed by atoms with van der Waals surface area (Å²) < 4.78 is 6.24. The number of phenolic OH excluding ortho intramolecular Hbond substituents is 1. The Balaban J connectivity index is 1.33. The number of nitrogens with one attached hydrogen (secondary N) is 1. The summed E-state index contributed by atoms with van der Waals surface area (Å²) in [6.45, 7) is 5.62. The molecular formula is C28H35N5O2. The highest BCUT2D eigenvalue weighted by molar-refractivity contribution is 5.87. The SMILES string of the molecule is CN1CCC[C@H]1COc1nc2c(c(N3CCNCC3)n1)CCC(c1cc(O)cc3ccccc13)C2. The van der Waals surface area contributed by atoms with Crippen LogP contribution in [0, 0.1) is 0 Å². The van der Waals surface area contributed by atoms with Gasteiger partial charge >= 0.3 is 6.01 Å². The van der Waals surface area contributed by atoms with Crippen LogP contribution in [0.25, 0.3) is 10.8 Å². The van der Waals surface area contributed by atoms with E-state index < -0.39 is 0 Å². The maximum absolute atomic E-state index is 10.4. The van der Waals surface area contributed by atoms with Crippen molar-refractivity contribution in [2.24, 2.45) is 0 Å². The van der Waals surface area contributed by atoms with E-state index in [-0.39, 0.29) is 0 Å². The number of phenols is 1. The number of piperazine rings is 1. The van der Waals surface area contributed by atoms with E-state index in [1.165, 1.54) is 29.4 Å². The van der Waals surface area contributed by atoms with Crippen molar-refractivity contribution in [1.82, 2.24) is 20.2 Å². The number of likely N-dealkylation sites (tertiary alicyclic amines) is 1. The summed E-state index contributed by atoms with van der Waals surface area (Å²) in [6, 6.07) is 13.1. The van der Waals surface area contributed by atoms with Crippen LogP contribution in [0.4, 0.5) is 5.82 Å². The first-order valence-electron chi connectivity index (χ1n) is 13.1. The molecule has 184 valence electrons. The maximum Gasteiger partial charge on any atom is 0.318 e. The Kier molecular flexibility index (Phi) is 6.20. The number of benzene rings is 2. The number of aromatic nitrogens is 2. The highest BCUT2D eigenvalue weighted by atomic mass is 16.5. The van der Waals surface area contributed by atoms with Crippen molar-refractivity contribution in [2.75, 3.05) is 51.3 Å². The van der Waals surface area contributed by atoms with Crippen LogP contribution in [0.1, 0.15) is 42.0 Å². The quantitative estimate of drug-likeness (QED) is 0.588. The number of fused-ring (bicyclic) bond motifs is 2. The van der Waals surface area contributed by atoms with E-state index >= 15 is 0 Å². The molecule has 1 unspecified atom stereocenters. The topological polar surface area (TPSA) is 73.8 Å². The molecule has 35 heavy (non-hydrogen) atoms. The van der Waals surface area contributed by atoms with Gasteiger partial charge in [0.25, 0.3) is 0 Å². The second-order valence-corrected chi connectivity index (χ2v) is 10.3. The number of ether oxygens (including phenoxy) is 1. The van der Waals surface area contributed by atoms with E-state index in [4.69, 9.17) is 14.7 Å². The summed E-state index contributed by atoms with van der Waals surface area (Å²) in [5.41, 5.74) is 3.59. The lowest BCUT2D eigenvalue weighted by Gasteiger charge is -2.33. The molecule has 7 nitrogen and oxygen atoms in total. The van der Waals surface area contributed by atoms with Crippen molar-refractivity contribution in [3.05, 3.63) is 53.2 Å². The molecule has 0 radical (unpaired) electrons. The molecule has 2 aliphatic heterocycles. The molecule has 1 aromatic heterocycles. The second kappa shape index (κ2) is 9.63. The van der Waals surface area contributed by atoms with Gasteiger partial charge in [-0.05, 0) is 80.1 Å². The first-order chi connectivity index (χ1) is 17.2. The standard InChI is InChI=1S/C28H35N5O2/c1-32-12-4-6-21(32)18-35-28-30-26-16-20(25-17-22(34)15-19-5-2-3-7-23(19)25)8-9-24(26)27(31-28)33-13-10-29-11-14-33/h2-3,5,7,15,17,20-21,29,34H,4,6,8-14,16,18H2,1H3/t20?,21-/m0/s1. The Labute approximate surface area is 207 Å². The van der Waals surface area contributed by atoms with E-state index in [1.54, 1.807) is 0 Å². The summed E-state index contributed by atoms with van der Waals surface area (Å²) in [5, 5.41) is 16.2. The van der Waals surface area contributed by atoms with Crippen molar-refractivity contribution in [1.29, 1.82) is 0 Å². The number of aromatic hydroxyl groups is 1. The monoisotopic (exact) mass is 473 g/mol. The molecule has 0 amide bonds. The van der Waals surface area contributed by atoms with Gasteiger partial charge in [-0.3, -0.25) is 0 Å². The van der Waals surface area contributed by atoms with Gasteiger partial charge in [-0.15, -0.1) is 0 Å². The van der Waals surface area contributed by atoms with Crippen molar-refractivity contribution in [3.8, 4) is 11.8 Å². The number of likely N-dealkylation sites (N-methyl/N-ethyl adjacent to an activating group) is 1. The van der Waals surface area contributed by atoms with Crippen molar-refractivity contribution >= 4 is 16.6 Å². The Bertz CT molecular complexity index is 1210. The lowest BCUT2D eigenvalue weighted by molar-refractivity contribution is 0.187. The highest BCUT2D eigenvalue weighted by Gasteiger charge is 2.30. The minimum absolute atomic E-state index is 0.305. The van der Waals surface area contributed by atoms with E-state index in [0.29, 0.717) is 30.3 Å². The molecule has 0 spiro atoms. The molecule has 3 aliphatic rings.